The zero-order valence-corrected chi connectivity index (χ0v) is 14.2. The standard InChI is InChI=1S/C21H15N3O3/c25-15-7-4-13(5-8-15)21-23-19(20(24-21)16-3-1-2-10-22-16)14-6-9-17-18(11-14)27-12-26-17/h1-11,25H,12H2,(H,23,24). The molecule has 1 aliphatic heterocycles. The smallest absolute Gasteiger partial charge is 0.231 e. The van der Waals surface area contributed by atoms with Crippen LogP contribution in [0.25, 0.3) is 34.0 Å². The first-order valence-corrected chi connectivity index (χ1v) is 8.49. The van der Waals surface area contributed by atoms with Gasteiger partial charge in [-0.3, -0.25) is 4.98 Å². The van der Waals surface area contributed by atoms with Crippen molar-refractivity contribution in [2.24, 2.45) is 0 Å². The van der Waals surface area contributed by atoms with Gasteiger partial charge in [-0.25, -0.2) is 4.98 Å². The van der Waals surface area contributed by atoms with Gasteiger partial charge in [-0.2, -0.15) is 0 Å². The van der Waals surface area contributed by atoms with Crippen molar-refractivity contribution in [2.45, 2.75) is 0 Å². The van der Waals surface area contributed by atoms with E-state index in [-0.39, 0.29) is 12.5 Å². The Bertz CT molecular complexity index is 1110. The van der Waals surface area contributed by atoms with Crippen LogP contribution in [0.4, 0.5) is 0 Å². The number of benzene rings is 2. The van der Waals surface area contributed by atoms with Gasteiger partial charge < -0.3 is 19.6 Å². The van der Waals surface area contributed by atoms with Crippen LogP contribution in [0.5, 0.6) is 17.2 Å². The molecule has 27 heavy (non-hydrogen) atoms. The van der Waals surface area contributed by atoms with E-state index in [0.29, 0.717) is 11.6 Å². The first-order valence-electron chi connectivity index (χ1n) is 8.49. The molecule has 4 aromatic rings. The van der Waals surface area contributed by atoms with Gasteiger partial charge in [-0.15, -0.1) is 0 Å². The molecule has 0 spiro atoms. The quantitative estimate of drug-likeness (QED) is 0.573. The third kappa shape index (κ3) is 2.77. The van der Waals surface area contributed by atoms with Gasteiger partial charge in [0.1, 0.15) is 11.6 Å². The van der Waals surface area contributed by atoms with Crippen molar-refractivity contribution >= 4 is 0 Å². The number of aromatic amines is 1. The van der Waals surface area contributed by atoms with Gasteiger partial charge in [0, 0.05) is 17.3 Å². The minimum Gasteiger partial charge on any atom is -0.508 e. The summed E-state index contributed by atoms with van der Waals surface area (Å²) in [4.78, 5) is 12.6. The van der Waals surface area contributed by atoms with E-state index in [1.807, 2.05) is 48.5 Å². The minimum absolute atomic E-state index is 0.214. The number of fused-ring (bicyclic) bond motifs is 1. The van der Waals surface area contributed by atoms with E-state index < -0.39 is 0 Å². The number of phenolic OH excluding ortho intramolecular Hbond substituents is 1. The highest BCUT2D eigenvalue weighted by atomic mass is 16.7. The van der Waals surface area contributed by atoms with Crippen LogP contribution in [0.3, 0.4) is 0 Å². The van der Waals surface area contributed by atoms with Gasteiger partial charge in [0.2, 0.25) is 6.79 Å². The maximum absolute atomic E-state index is 9.54. The Morgan fingerprint density at radius 3 is 2.52 bits per heavy atom. The highest BCUT2D eigenvalue weighted by Gasteiger charge is 2.19. The molecule has 2 aromatic heterocycles. The van der Waals surface area contributed by atoms with E-state index in [1.54, 1.807) is 18.3 Å². The second-order valence-electron chi connectivity index (χ2n) is 6.14. The number of ether oxygens (including phenoxy) is 2. The molecule has 0 unspecified atom stereocenters. The maximum Gasteiger partial charge on any atom is 0.231 e. The Morgan fingerprint density at radius 1 is 0.889 bits per heavy atom. The summed E-state index contributed by atoms with van der Waals surface area (Å²) in [5.41, 5.74) is 4.16. The molecule has 0 amide bonds. The number of phenols is 1. The van der Waals surface area contributed by atoms with Crippen LogP contribution in [0.2, 0.25) is 0 Å². The lowest BCUT2D eigenvalue weighted by molar-refractivity contribution is 0.174. The third-order valence-electron chi connectivity index (χ3n) is 4.41. The number of imidazole rings is 1. The minimum atomic E-state index is 0.214. The van der Waals surface area contributed by atoms with Gasteiger partial charge in [-0.05, 0) is 54.6 Å². The van der Waals surface area contributed by atoms with Crippen LogP contribution in [-0.2, 0) is 0 Å². The number of aromatic hydroxyl groups is 1. The lowest BCUT2D eigenvalue weighted by Crippen LogP contribution is -1.92. The molecule has 0 aliphatic carbocycles. The molecular weight excluding hydrogens is 342 g/mol. The fraction of sp³-hybridized carbons (Fsp3) is 0.0476. The highest BCUT2D eigenvalue weighted by molar-refractivity contribution is 5.81. The molecule has 2 N–H and O–H groups in total. The lowest BCUT2D eigenvalue weighted by atomic mass is 10.1. The molecule has 0 radical (unpaired) electrons. The number of H-pyrrole nitrogens is 1. The average Bonchev–Trinajstić information content (AvgIpc) is 3.36. The van der Waals surface area contributed by atoms with Gasteiger partial charge in [-0.1, -0.05) is 6.07 Å². The topological polar surface area (TPSA) is 80.3 Å². The lowest BCUT2D eigenvalue weighted by Gasteiger charge is -2.03. The Balaban J connectivity index is 1.68. The van der Waals surface area contributed by atoms with Gasteiger partial charge >= 0.3 is 0 Å². The van der Waals surface area contributed by atoms with E-state index >= 15 is 0 Å². The summed E-state index contributed by atoms with van der Waals surface area (Å²) in [7, 11) is 0. The molecule has 0 saturated carbocycles. The Labute approximate surface area is 155 Å². The van der Waals surface area contributed by atoms with Crippen molar-refractivity contribution in [2.75, 3.05) is 6.79 Å². The normalized spacial score (nSPS) is 12.3. The summed E-state index contributed by atoms with van der Waals surface area (Å²) < 4.78 is 10.9. The molecular formula is C21H15N3O3. The van der Waals surface area contributed by atoms with Crippen molar-refractivity contribution in [3.8, 4) is 51.3 Å². The predicted octanol–water partition coefficient (Wildman–Crippen LogP) is 4.24. The third-order valence-corrected chi connectivity index (χ3v) is 4.41. The zero-order valence-electron chi connectivity index (χ0n) is 14.2. The number of aromatic nitrogens is 3. The maximum atomic E-state index is 9.54. The predicted molar refractivity (Wildman–Crippen MR) is 100 cm³/mol. The fourth-order valence-electron chi connectivity index (χ4n) is 3.08. The monoisotopic (exact) mass is 357 g/mol. The van der Waals surface area contributed by atoms with Crippen LogP contribution >= 0.6 is 0 Å². The molecule has 3 heterocycles. The van der Waals surface area contributed by atoms with E-state index in [1.165, 1.54) is 0 Å². The summed E-state index contributed by atoms with van der Waals surface area (Å²) in [5.74, 6) is 2.34. The SMILES string of the molecule is Oc1ccc(-c2nc(-c3ccc4c(c3)OCO4)c(-c3ccccn3)[nH]2)cc1. The van der Waals surface area contributed by atoms with Crippen LogP contribution in [-0.4, -0.2) is 26.9 Å². The Morgan fingerprint density at radius 2 is 1.70 bits per heavy atom. The van der Waals surface area contributed by atoms with Crippen LogP contribution in [0, 0.1) is 0 Å². The van der Waals surface area contributed by atoms with Crippen molar-refractivity contribution in [1.29, 1.82) is 0 Å². The van der Waals surface area contributed by atoms with Gasteiger partial charge in [0.15, 0.2) is 11.5 Å². The summed E-state index contributed by atoms with van der Waals surface area (Å²) in [5, 5.41) is 9.54. The Hall–Kier alpha value is -3.80. The van der Waals surface area contributed by atoms with Gasteiger partial charge in [0.05, 0.1) is 17.1 Å². The largest absolute Gasteiger partial charge is 0.508 e. The summed E-state index contributed by atoms with van der Waals surface area (Å²) in [6, 6.07) is 18.4. The van der Waals surface area contributed by atoms with Crippen molar-refractivity contribution < 1.29 is 14.6 Å². The highest BCUT2D eigenvalue weighted by Crippen LogP contribution is 2.39. The van der Waals surface area contributed by atoms with Crippen molar-refractivity contribution in [3.63, 3.8) is 0 Å². The molecule has 0 saturated heterocycles. The van der Waals surface area contributed by atoms with Crippen molar-refractivity contribution in [1.82, 2.24) is 15.0 Å². The van der Waals surface area contributed by atoms with Gasteiger partial charge in [0.25, 0.3) is 0 Å². The first kappa shape index (κ1) is 15.5. The number of pyridine rings is 1. The summed E-state index contributed by atoms with van der Waals surface area (Å²) in [6.45, 7) is 0.227. The molecule has 1 aliphatic rings. The second-order valence-corrected chi connectivity index (χ2v) is 6.14. The van der Waals surface area contributed by atoms with E-state index in [4.69, 9.17) is 14.5 Å². The first-order chi connectivity index (χ1) is 13.3. The molecule has 2 aromatic carbocycles. The average molecular weight is 357 g/mol. The van der Waals surface area contributed by atoms with Crippen molar-refractivity contribution in [3.05, 3.63) is 66.9 Å². The number of hydrogen-bond donors (Lipinski definition) is 2. The van der Waals surface area contributed by atoms with E-state index in [0.717, 1.165) is 34.0 Å². The second kappa shape index (κ2) is 6.17. The number of nitrogens with one attached hydrogen (secondary N) is 1. The number of hydrogen-bond acceptors (Lipinski definition) is 5. The molecule has 132 valence electrons. The fourth-order valence-corrected chi connectivity index (χ4v) is 3.08. The molecule has 6 nitrogen and oxygen atoms in total. The molecule has 5 rings (SSSR count). The van der Waals surface area contributed by atoms with E-state index in [9.17, 15) is 5.11 Å². The summed E-state index contributed by atoms with van der Waals surface area (Å²) >= 11 is 0. The zero-order chi connectivity index (χ0) is 18.2. The van der Waals surface area contributed by atoms with Crippen LogP contribution in [0.15, 0.2) is 66.9 Å². The molecule has 6 heteroatoms. The number of nitrogens with zero attached hydrogens (tertiary/aromatic N) is 2. The summed E-state index contributed by atoms with van der Waals surface area (Å²) in [6.07, 6.45) is 1.75. The Kier molecular flexibility index (Phi) is 3.53. The van der Waals surface area contributed by atoms with Crippen LogP contribution in [0.1, 0.15) is 0 Å². The molecule has 0 bridgehead atoms. The molecule has 0 atom stereocenters. The number of rotatable bonds is 3. The molecule has 0 fully saturated rings. The van der Waals surface area contributed by atoms with Crippen LogP contribution < -0.4 is 9.47 Å². The van der Waals surface area contributed by atoms with E-state index in [2.05, 4.69) is 9.97 Å².